The van der Waals surface area contributed by atoms with Crippen molar-refractivity contribution in [2.24, 2.45) is 4.99 Å². The number of carbonyl (C=O) groups excluding carboxylic acids is 1. The Hall–Kier alpha value is -1.54. The molecule has 74 valence electrons. The fraction of sp³-hybridized carbons (Fsp3) is 0.300. The van der Waals surface area contributed by atoms with Crippen LogP contribution in [0.25, 0.3) is 0 Å². The zero-order chi connectivity index (χ0) is 10.6. The first kappa shape index (κ1) is 10.5. The zero-order valence-electron chi connectivity index (χ0n) is 7.68. The van der Waals surface area contributed by atoms with Crippen molar-refractivity contribution in [3.05, 3.63) is 34.9 Å². The van der Waals surface area contributed by atoms with E-state index in [9.17, 15) is 13.6 Å². The fourth-order valence-electron chi connectivity index (χ4n) is 1.14. The van der Waals surface area contributed by atoms with E-state index in [-0.39, 0.29) is 12.1 Å². The number of halogens is 2. The van der Waals surface area contributed by atoms with Gasteiger partial charge in [0.15, 0.2) is 11.6 Å². The van der Waals surface area contributed by atoms with Gasteiger partial charge in [0.1, 0.15) is 0 Å². The second-order valence-corrected chi connectivity index (χ2v) is 2.81. The molecule has 0 aliphatic rings. The molecule has 0 aliphatic carbocycles. The lowest BCUT2D eigenvalue weighted by Gasteiger charge is -2.03. The monoisotopic (exact) mass is 197 g/mol. The van der Waals surface area contributed by atoms with Crippen LogP contribution in [0.4, 0.5) is 8.78 Å². The lowest BCUT2D eigenvalue weighted by Crippen LogP contribution is -1.96. The number of aryl methyl sites for hydroxylation is 1. The van der Waals surface area contributed by atoms with E-state index >= 15 is 0 Å². The summed E-state index contributed by atoms with van der Waals surface area (Å²) in [6.07, 6.45) is 1.89. The van der Waals surface area contributed by atoms with E-state index in [4.69, 9.17) is 0 Å². The van der Waals surface area contributed by atoms with Crippen molar-refractivity contribution in [1.29, 1.82) is 0 Å². The molecule has 0 radical (unpaired) electrons. The third kappa shape index (κ3) is 2.24. The molecule has 0 saturated carbocycles. The Kier molecular flexibility index (Phi) is 3.48. The van der Waals surface area contributed by atoms with Gasteiger partial charge in [0.2, 0.25) is 6.08 Å². The number of aliphatic imine (C=N–C) groups is 1. The Morgan fingerprint density at radius 3 is 2.71 bits per heavy atom. The largest absolute Gasteiger partial charge is 0.235 e. The molecule has 1 aromatic carbocycles. The molecule has 14 heavy (non-hydrogen) atoms. The smallest absolute Gasteiger partial charge is 0.211 e. The second-order valence-electron chi connectivity index (χ2n) is 2.81. The zero-order valence-corrected chi connectivity index (χ0v) is 7.68. The highest BCUT2D eigenvalue weighted by Crippen LogP contribution is 2.16. The first-order valence-electron chi connectivity index (χ1n) is 4.19. The van der Waals surface area contributed by atoms with Crippen molar-refractivity contribution in [1.82, 2.24) is 0 Å². The summed E-state index contributed by atoms with van der Waals surface area (Å²) in [5.74, 6) is -1.85. The van der Waals surface area contributed by atoms with Crippen molar-refractivity contribution >= 4 is 6.08 Å². The van der Waals surface area contributed by atoms with Gasteiger partial charge in [0.05, 0.1) is 6.54 Å². The SMILES string of the molecule is CCc1cc(F)c(F)c(CN=C=O)c1. The number of benzene rings is 1. The Balaban J connectivity index is 3.12. The average Bonchev–Trinajstić information content (AvgIpc) is 2.20. The third-order valence-electron chi connectivity index (χ3n) is 1.89. The predicted octanol–water partition coefficient (Wildman–Crippen LogP) is 2.36. The number of hydrogen-bond donors (Lipinski definition) is 0. The molecule has 1 aromatic rings. The molecular formula is C10H9F2NO. The van der Waals surface area contributed by atoms with Crippen LogP contribution in [0.3, 0.4) is 0 Å². The van der Waals surface area contributed by atoms with Crippen LogP contribution >= 0.6 is 0 Å². The highest BCUT2D eigenvalue weighted by atomic mass is 19.2. The summed E-state index contributed by atoms with van der Waals surface area (Å²) in [6.45, 7) is 1.67. The van der Waals surface area contributed by atoms with Gasteiger partial charge in [-0.2, -0.15) is 0 Å². The minimum absolute atomic E-state index is 0.0881. The van der Waals surface area contributed by atoms with E-state index in [1.54, 1.807) is 0 Å². The Morgan fingerprint density at radius 2 is 2.14 bits per heavy atom. The maximum absolute atomic E-state index is 13.1. The molecule has 0 aromatic heterocycles. The fourth-order valence-corrected chi connectivity index (χ4v) is 1.14. The minimum atomic E-state index is -0.943. The van der Waals surface area contributed by atoms with E-state index in [1.807, 2.05) is 6.92 Å². The van der Waals surface area contributed by atoms with Crippen molar-refractivity contribution in [3.63, 3.8) is 0 Å². The summed E-state index contributed by atoms with van der Waals surface area (Å²) in [4.78, 5) is 13.0. The molecular weight excluding hydrogens is 188 g/mol. The van der Waals surface area contributed by atoms with Crippen LogP contribution in [0, 0.1) is 11.6 Å². The van der Waals surface area contributed by atoms with Gasteiger partial charge in [-0.3, -0.25) is 0 Å². The van der Waals surface area contributed by atoms with Crippen molar-refractivity contribution in [2.45, 2.75) is 19.9 Å². The number of nitrogens with zero attached hydrogens (tertiary/aromatic N) is 1. The van der Waals surface area contributed by atoms with Gasteiger partial charge < -0.3 is 0 Å². The maximum atomic E-state index is 13.1. The highest BCUT2D eigenvalue weighted by molar-refractivity contribution is 5.34. The van der Waals surface area contributed by atoms with E-state index in [1.165, 1.54) is 12.1 Å². The first-order chi connectivity index (χ1) is 6.69. The predicted molar refractivity (Wildman–Crippen MR) is 47.6 cm³/mol. The van der Waals surface area contributed by atoms with Gasteiger partial charge in [-0.05, 0) is 18.1 Å². The molecule has 1 rings (SSSR count). The van der Waals surface area contributed by atoms with Crippen molar-refractivity contribution in [3.8, 4) is 0 Å². The van der Waals surface area contributed by atoms with Crippen LogP contribution in [-0.2, 0) is 17.8 Å². The van der Waals surface area contributed by atoms with E-state index in [0.29, 0.717) is 12.0 Å². The molecule has 0 heterocycles. The molecule has 0 bridgehead atoms. The van der Waals surface area contributed by atoms with E-state index in [0.717, 1.165) is 6.07 Å². The average molecular weight is 197 g/mol. The molecule has 2 nitrogen and oxygen atoms in total. The highest BCUT2D eigenvalue weighted by Gasteiger charge is 2.09. The lowest BCUT2D eigenvalue weighted by molar-refractivity contribution is 0.497. The normalized spacial score (nSPS) is 9.64. The molecule has 0 amide bonds. The van der Waals surface area contributed by atoms with Crippen molar-refractivity contribution < 1.29 is 13.6 Å². The molecule has 0 N–H and O–H groups in total. The van der Waals surface area contributed by atoms with Crippen LogP contribution in [-0.4, -0.2) is 6.08 Å². The molecule has 0 spiro atoms. The molecule has 0 fully saturated rings. The minimum Gasteiger partial charge on any atom is -0.211 e. The molecule has 0 saturated heterocycles. The Morgan fingerprint density at radius 1 is 1.43 bits per heavy atom. The summed E-state index contributed by atoms with van der Waals surface area (Å²) in [5.41, 5.74) is 0.769. The van der Waals surface area contributed by atoms with Gasteiger partial charge in [0.25, 0.3) is 0 Å². The molecule has 0 atom stereocenters. The second kappa shape index (κ2) is 4.63. The third-order valence-corrected chi connectivity index (χ3v) is 1.89. The van der Waals surface area contributed by atoms with Crippen LogP contribution in [0.2, 0.25) is 0 Å². The maximum Gasteiger partial charge on any atom is 0.235 e. The van der Waals surface area contributed by atoms with E-state index in [2.05, 4.69) is 4.99 Å². The summed E-state index contributed by atoms with van der Waals surface area (Å²) >= 11 is 0. The first-order valence-corrected chi connectivity index (χ1v) is 4.19. The van der Waals surface area contributed by atoms with Crippen LogP contribution in [0.1, 0.15) is 18.1 Å². The van der Waals surface area contributed by atoms with Gasteiger partial charge in [-0.15, -0.1) is 0 Å². The van der Waals surface area contributed by atoms with E-state index < -0.39 is 11.6 Å². The standard InChI is InChI=1S/C10H9F2NO/c1-2-7-3-8(5-13-6-14)10(12)9(11)4-7/h3-4H,2,5H2,1H3. The number of rotatable bonds is 3. The Bertz CT molecular complexity index is 384. The van der Waals surface area contributed by atoms with Crippen LogP contribution in [0.15, 0.2) is 17.1 Å². The number of hydrogen-bond acceptors (Lipinski definition) is 2. The quantitative estimate of drug-likeness (QED) is 0.540. The van der Waals surface area contributed by atoms with Crippen LogP contribution in [0.5, 0.6) is 0 Å². The van der Waals surface area contributed by atoms with Gasteiger partial charge >= 0.3 is 0 Å². The molecule has 0 unspecified atom stereocenters. The van der Waals surface area contributed by atoms with Gasteiger partial charge in [-0.1, -0.05) is 13.0 Å². The van der Waals surface area contributed by atoms with Crippen LogP contribution < -0.4 is 0 Å². The molecule has 4 heteroatoms. The lowest BCUT2D eigenvalue weighted by atomic mass is 10.1. The molecule has 0 aliphatic heterocycles. The summed E-state index contributed by atoms with van der Waals surface area (Å²) in [6, 6.07) is 2.64. The summed E-state index contributed by atoms with van der Waals surface area (Å²) in [5, 5.41) is 0. The van der Waals surface area contributed by atoms with Gasteiger partial charge in [-0.25, -0.2) is 18.6 Å². The topological polar surface area (TPSA) is 29.4 Å². The Labute approximate surface area is 80.3 Å². The van der Waals surface area contributed by atoms with Crippen molar-refractivity contribution in [2.75, 3.05) is 0 Å². The summed E-state index contributed by atoms with van der Waals surface area (Å²) in [7, 11) is 0. The summed E-state index contributed by atoms with van der Waals surface area (Å²) < 4.78 is 26.0. The van der Waals surface area contributed by atoms with Gasteiger partial charge in [0, 0.05) is 5.56 Å². The number of isocyanates is 1.